The predicted octanol–water partition coefficient (Wildman–Crippen LogP) is 3.24. The molecule has 0 saturated heterocycles. The van der Waals surface area contributed by atoms with Crippen LogP contribution in [0.3, 0.4) is 0 Å². The average molecular weight is 539 g/mol. The lowest BCUT2D eigenvalue weighted by Gasteiger charge is -2.16. The molecule has 2 aromatic heterocycles. The van der Waals surface area contributed by atoms with Gasteiger partial charge in [-0.2, -0.15) is 8.42 Å². The lowest BCUT2D eigenvalue weighted by molar-refractivity contribution is 0.101. The molecule has 1 aliphatic carbocycles. The summed E-state index contributed by atoms with van der Waals surface area (Å²) in [7, 11) is -4.08. The molecule has 0 unspecified atom stereocenters. The first-order chi connectivity index (χ1) is 16.6. The highest BCUT2D eigenvalue weighted by atomic mass is 35.5. The third kappa shape index (κ3) is 6.60. The van der Waals surface area contributed by atoms with E-state index >= 15 is 0 Å². The largest absolute Gasteiger partial charge is 0.393 e. The molecule has 0 aliphatic heterocycles. The summed E-state index contributed by atoms with van der Waals surface area (Å²) in [6.07, 6.45) is 6.69. The Hall–Kier alpha value is -2.47. The van der Waals surface area contributed by atoms with Gasteiger partial charge in [0, 0.05) is 54.5 Å². The molecular formula is C23H24Cl2N4O5S. The van der Waals surface area contributed by atoms with Gasteiger partial charge in [0.15, 0.2) is 5.78 Å². The standard InChI is InChI=1S/C23H24Cl2N4O5S/c24-19-2-1-14(7-20(19)25)11-29-6-4-15(12-29)23(31)18-10-27-5-3-21(18)28-17-8-16(22(30)9-17)13-34-35(26,32)33/h1-7,10,12,16-17,22,30H,8-9,11,13H2,(H,27,28)(H2,26,32,33)/t16-,17-,22+/m1/s1. The molecule has 1 saturated carbocycles. The summed E-state index contributed by atoms with van der Waals surface area (Å²) in [6, 6.07) is 8.62. The Bertz CT molecular complexity index is 1330. The molecular weight excluding hydrogens is 515 g/mol. The van der Waals surface area contributed by atoms with E-state index in [2.05, 4.69) is 14.5 Å². The summed E-state index contributed by atoms with van der Waals surface area (Å²) in [5.41, 5.74) is 2.40. The summed E-state index contributed by atoms with van der Waals surface area (Å²) in [4.78, 5) is 17.4. The van der Waals surface area contributed by atoms with Crippen LogP contribution in [0.1, 0.15) is 34.3 Å². The van der Waals surface area contributed by atoms with Gasteiger partial charge in [0.25, 0.3) is 0 Å². The van der Waals surface area contributed by atoms with Crippen LogP contribution >= 0.6 is 23.2 Å². The van der Waals surface area contributed by atoms with E-state index < -0.39 is 22.3 Å². The Labute approximate surface area is 213 Å². The first-order valence-electron chi connectivity index (χ1n) is 10.8. The van der Waals surface area contributed by atoms with Crippen LogP contribution in [-0.4, -0.2) is 47.6 Å². The van der Waals surface area contributed by atoms with Crippen LogP contribution in [0.5, 0.6) is 0 Å². The van der Waals surface area contributed by atoms with Gasteiger partial charge in [0.2, 0.25) is 0 Å². The van der Waals surface area contributed by atoms with Crippen LogP contribution in [0, 0.1) is 5.92 Å². The van der Waals surface area contributed by atoms with Crippen LogP contribution in [0.2, 0.25) is 10.0 Å². The highest BCUT2D eigenvalue weighted by Gasteiger charge is 2.34. The fraction of sp³-hybridized carbons (Fsp3) is 0.304. The number of nitrogens with two attached hydrogens (primary N) is 1. The molecule has 35 heavy (non-hydrogen) atoms. The van der Waals surface area contributed by atoms with Crippen LogP contribution in [0.15, 0.2) is 55.1 Å². The van der Waals surface area contributed by atoms with E-state index in [-0.39, 0.29) is 18.4 Å². The summed E-state index contributed by atoms with van der Waals surface area (Å²) < 4.78 is 28.6. The number of hydrogen-bond donors (Lipinski definition) is 3. The van der Waals surface area contributed by atoms with Gasteiger partial charge in [-0.25, -0.2) is 5.14 Å². The van der Waals surface area contributed by atoms with Gasteiger partial charge in [0.1, 0.15) is 0 Å². The van der Waals surface area contributed by atoms with Crippen LogP contribution in [0.25, 0.3) is 0 Å². The molecule has 9 nitrogen and oxygen atoms in total. The van der Waals surface area contributed by atoms with Gasteiger partial charge in [-0.1, -0.05) is 29.3 Å². The quantitative estimate of drug-likeness (QED) is 0.355. The number of carbonyl (C=O) groups excluding carboxylic acids is 1. The number of halogens is 2. The number of aliphatic hydroxyl groups excluding tert-OH is 1. The van der Waals surface area contributed by atoms with Crippen molar-refractivity contribution in [2.24, 2.45) is 11.1 Å². The predicted molar refractivity (Wildman–Crippen MR) is 133 cm³/mol. The zero-order valence-electron chi connectivity index (χ0n) is 18.5. The van der Waals surface area contributed by atoms with Crippen molar-refractivity contribution in [2.45, 2.75) is 31.5 Å². The van der Waals surface area contributed by atoms with Crippen molar-refractivity contribution in [3.8, 4) is 0 Å². The second-order valence-electron chi connectivity index (χ2n) is 8.49. The number of carbonyl (C=O) groups is 1. The van der Waals surface area contributed by atoms with Crippen LogP contribution in [0.4, 0.5) is 5.69 Å². The molecule has 4 rings (SSSR count). The van der Waals surface area contributed by atoms with Crippen LogP contribution < -0.4 is 10.5 Å². The molecule has 12 heteroatoms. The molecule has 0 bridgehead atoms. The Morgan fingerprint density at radius 2 is 2.03 bits per heavy atom. The van der Waals surface area contributed by atoms with Crippen molar-refractivity contribution in [1.29, 1.82) is 0 Å². The van der Waals surface area contributed by atoms with E-state index in [9.17, 15) is 18.3 Å². The second-order valence-corrected chi connectivity index (χ2v) is 10.5. The smallest absolute Gasteiger partial charge is 0.333 e. The first kappa shape index (κ1) is 25.6. The van der Waals surface area contributed by atoms with Crippen molar-refractivity contribution in [2.75, 3.05) is 11.9 Å². The molecule has 1 fully saturated rings. The molecule has 0 radical (unpaired) electrons. The van der Waals surface area contributed by atoms with Crippen molar-refractivity contribution >= 4 is 45.0 Å². The molecule has 1 aromatic carbocycles. The molecule has 0 amide bonds. The van der Waals surface area contributed by atoms with Crippen molar-refractivity contribution in [1.82, 2.24) is 9.55 Å². The number of nitrogens with zero attached hydrogens (tertiary/aromatic N) is 2. The Balaban J connectivity index is 1.44. The van der Waals surface area contributed by atoms with E-state index in [1.807, 2.05) is 16.8 Å². The van der Waals surface area contributed by atoms with Crippen LogP contribution in [-0.2, 0) is 21.0 Å². The minimum Gasteiger partial charge on any atom is -0.393 e. The number of pyridine rings is 1. The van der Waals surface area contributed by atoms with Crippen molar-refractivity contribution < 1.29 is 22.5 Å². The average Bonchev–Trinajstić information content (AvgIpc) is 3.40. The topological polar surface area (TPSA) is 137 Å². The molecule has 4 N–H and O–H groups in total. The fourth-order valence-electron chi connectivity index (χ4n) is 4.18. The maximum atomic E-state index is 13.3. The minimum absolute atomic E-state index is 0.188. The van der Waals surface area contributed by atoms with E-state index in [4.69, 9.17) is 28.3 Å². The van der Waals surface area contributed by atoms with E-state index in [0.717, 1.165) is 5.56 Å². The number of aromatic nitrogens is 2. The lowest BCUT2D eigenvalue weighted by atomic mass is 10.1. The first-order valence-corrected chi connectivity index (χ1v) is 13.0. The van der Waals surface area contributed by atoms with Gasteiger partial charge in [-0.3, -0.25) is 14.0 Å². The summed E-state index contributed by atoms with van der Waals surface area (Å²) in [6.45, 7) is 0.316. The number of ketones is 1. The van der Waals surface area contributed by atoms with Gasteiger partial charge < -0.3 is 15.0 Å². The molecule has 3 atom stereocenters. The number of anilines is 1. The number of rotatable bonds is 9. The molecule has 3 aromatic rings. The Morgan fingerprint density at radius 3 is 2.77 bits per heavy atom. The molecule has 0 spiro atoms. The van der Waals surface area contributed by atoms with E-state index in [1.54, 1.807) is 36.7 Å². The maximum Gasteiger partial charge on any atom is 0.333 e. The third-order valence-corrected chi connectivity index (χ3v) is 7.09. The highest BCUT2D eigenvalue weighted by Crippen LogP contribution is 2.31. The molecule has 2 heterocycles. The van der Waals surface area contributed by atoms with Gasteiger partial charge >= 0.3 is 10.3 Å². The second kappa shape index (κ2) is 10.7. The number of aliphatic hydroxyl groups is 1. The summed E-state index contributed by atoms with van der Waals surface area (Å²) in [5.74, 6) is -0.608. The number of benzene rings is 1. The zero-order valence-corrected chi connectivity index (χ0v) is 20.8. The lowest BCUT2D eigenvalue weighted by Crippen LogP contribution is -2.24. The molecule has 186 valence electrons. The maximum absolute atomic E-state index is 13.3. The summed E-state index contributed by atoms with van der Waals surface area (Å²) >= 11 is 12.1. The van der Waals surface area contributed by atoms with Crippen molar-refractivity contribution in [3.05, 3.63) is 81.9 Å². The third-order valence-electron chi connectivity index (χ3n) is 5.89. The normalized spacial score (nSPS) is 20.2. The van der Waals surface area contributed by atoms with Crippen molar-refractivity contribution in [3.63, 3.8) is 0 Å². The highest BCUT2D eigenvalue weighted by molar-refractivity contribution is 7.84. The monoisotopic (exact) mass is 538 g/mol. The summed E-state index contributed by atoms with van der Waals surface area (Å²) in [5, 5.41) is 19.4. The Kier molecular flexibility index (Phi) is 7.80. The zero-order chi connectivity index (χ0) is 25.2. The van der Waals surface area contributed by atoms with Gasteiger partial charge in [0.05, 0.1) is 28.3 Å². The fourth-order valence-corrected chi connectivity index (χ4v) is 4.87. The van der Waals surface area contributed by atoms with Gasteiger partial charge in [-0.15, -0.1) is 0 Å². The molecule has 1 aliphatic rings. The van der Waals surface area contributed by atoms with E-state index in [1.165, 1.54) is 6.20 Å². The minimum atomic E-state index is -4.08. The number of hydrogen-bond acceptors (Lipinski definition) is 7. The number of nitrogens with one attached hydrogen (secondary N) is 1. The SMILES string of the molecule is NS(=O)(=O)OC[C@H]1C[C@@H](Nc2ccncc2C(=O)c2ccn(Cc3ccc(Cl)c(Cl)c3)c2)C[C@@H]1O. The van der Waals surface area contributed by atoms with Gasteiger partial charge in [-0.05, 0) is 42.7 Å². The Morgan fingerprint density at radius 1 is 1.23 bits per heavy atom. The van der Waals surface area contributed by atoms with E-state index in [0.29, 0.717) is 46.2 Å².